The molecule has 1 aromatic carbocycles. The Kier molecular flexibility index (Phi) is 6.53. The summed E-state index contributed by atoms with van der Waals surface area (Å²) in [6.07, 6.45) is 3.50. The summed E-state index contributed by atoms with van der Waals surface area (Å²) in [5.41, 5.74) is 0.220. The summed E-state index contributed by atoms with van der Waals surface area (Å²) in [5, 5.41) is 10.8. The minimum atomic E-state index is -0.779. The predicted molar refractivity (Wildman–Crippen MR) is 82.2 cm³/mol. The van der Waals surface area contributed by atoms with Crippen molar-refractivity contribution in [2.75, 3.05) is 13.1 Å². The average Bonchev–Trinajstić information content (AvgIpc) is 2.43. The van der Waals surface area contributed by atoms with Gasteiger partial charge in [0.25, 0.3) is 0 Å². The summed E-state index contributed by atoms with van der Waals surface area (Å²) in [4.78, 5) is 2.41. The van der Waals surface area contributed by atoms with E-state index in [1.165, 1.54) is 12.8 Å². The third-order valence-electron chi connectivity index (χ3n) is 3.92. The van der Waals surface area contributed by atoms with Gasteiger partial charge < -0.3 is 5.11 Å². The maximum absolute atomic E-state index is 10.8. The van der Waals surface area contributed by atoms with Crippen LogP contribution in [0.15, 0.2) is 30.3 Å². The highest BCUT2D eigenvalue weighted by atomic mass is 16.3. The first-order valence-electron chi connectivity index (χ1n) is 7.53. The smallest absolute Gasteiger partial charge is 0.0994 e. The van der Waals surface area contributed by atoms with E-state index in [9.17, 15) is 5.11 Å². The van der Waals surface area contributed by atoms with E-state index in [-0.39, 0.29) is 0 Å². The van der Waals surface area contributed by atoms with E-state index >= 15 is 0 Å². The molecule has 0 aliphatic rings. The van der Waals surface area contributed by atoms with Crippen LogP contribution < -0.4 is 0 Å². The van der Waals surface area contributed by atoms with E-state index in [2.05, 4.69) is 25.7 Å². The summed E-state index contributed by atoms with van der Waals surface area (Å²) in [5.74, 6) is 0. The zero-order chi connectivity index (χ0) is 14.3. The molecule has 0 saturated carbocycles. The van der Waals surface area contributed by atoms with Crippen LogP contribution in [0, 0.1) is 0 Å². The van der Waals surface area contributed by atoms with Crippen LogP contribution in [0.2, 0.25) is 0 Å². The SMILES string of the molecule is CCCCN(CC(C)(O)c1ccccc1)C(C)CC. The summed E-state index contributed by atoms with van der Waals surface area (Å²) in [6, 6.07) is 10.5. The third kappa shape index (κ3) is 4.96. The van der Waals surface area contributed by atoms with Crippen LogP contribution >= 0.6 is 0 Å². The van der Waals surface area contributed by atoms with Gasteiger partial charge in [0.1, 0.15) is 0 Å². The number of hydrogen-bond acceptors (Lipinski definition) is 2. The zero-order valence-electron chi connectivity index (χ0n) is 12.9. The second-order valence-corrected chi connectivity index (χ2v) is 5.72. The van der Waals surface area contributed by atoms with Gasteiger partial charge in [0.2, 0.25) is 0 Å². The van der Waals surface area contributed by atoms with E-state index in [1.54, 1.807) is 0 Å². The van der Waals surface area contributed by atoms with Gasteiger partial charge in [-0.25, -0.2) is 0 Å². The topological polar surface area (TPSA) is 23.5 Å². The third-order valence-corrected chi connectivity index (χ3v) is 3.92. The predicted octanol–water partition coefficient (Wildman–Crippen LogP) is 3.79. The van der Waals surface area contributed by atoms with Crippen LogP contribution in [0.3, 0.4) is 0 Å². The van der Waals surface area contributed by atoms with Gasteiger partial charge in [-0.1, -0.05) is 50.6 Å². The van der Waals surface area contributed by atoms with Gasteiger partial charge in [-0.15, -0.1) is 0 Å². The maximum Gasteiger partial charge on any atom is 0.0994 e. The fraction of sp³-hybridized carbons (Fsp3) is 0.647. The molecular weight excluding hydrogens is 234 g/mol. The summed E-state index contributed by atoms with van der Waals surface area (Å²) < 4.78 is 0. The van der Waals surface area contributed by atoms with Gasteiger partial charge >= 0.3 is 0 Å². The first-order chi connectivity index (χ1) is 9.01. The minimum absolute atomic E-state index is 0.515. The van der Waals surface area contributed by atoms with Gasteiger partial charge in [-0.3, -0.25) is 4.90 Å². The van der Waals surface area contributed by atoms with Crippen LogP contribution in [-0.2, 0) is 5.60 Å². The van der Waals surface area contributed by atoms with E-state index in [0.29, 0.717) is 12.6 Å². The van der Waals surface area contributed by atoms with Crippen LogP contribution in [0.5, 0.6) is 0 Å². The second kappa shape index (κ2) is 7.66. The lowest BCUT2D eigenvalue weighted by atomic mass is 9.94. The number of benzene rings is 1. The summed E-state index contributed by atoms with van der Waals surface area (Å²) in [7, 11) is 0. The molecule has 0 aliphatic carbocycles. The number of hydrogen-bond donors (Lipinski definition) is 1. The number of aliphatic hydroxyl groups is 1. The molecule has 2 heteroatoms. The normalized spacial score (nSPS) is 16.3. The quantitative estimate of drug-likeness (QED) is 0.771. The second-order valence-electron chi connectivity index (χ2n) is 5.72. The Morgan fingerprint density at radius 1 is 1.21 bits per heavy atom. The molecule has 0 aromatic heterocycles. The largest absolute Gasteiger partial charge is 0.384 e. The lowest BCUT2D eigenvalue weighted by Crippen LogP contribution is -2.43. The molecule has 108 valence electrons. The molecule has 0 heterocycles. The van der Waals surface area contributed by atoms with Crippen molar-refractivity contribution in [2.45, 2.75) is 58.6 Å². The summed E-state index contributed by atoms with van der Waals surface area (Å²) in [6.45, 7) is 10.4. The highest BCUT2D eigenvalue weighted by molar-refractivity contribution is 5.21. The maximum atomic E-state index is 10.8. The van der Waals surface area contributed by atoms with Crippen LogP contribution in [0.1, 0.15) is 52.5 Å². The van der Waals surface area contributed by atoms with Crippen molar-refractivity contribution in [1.29, 1.82) is 0 Å². The van der Waals surface area contributed by atoms with Crippen molar-refractivity contribution >= 4 is 0 Å². The van der Waals surface area contributed by atoms with E-state index in [4.69, 9.17) is 0 Å². The fourth-order valence-corrected chi connectivity index (χ4v) is 2.36. The van der Waals surface area contributed by atoms with E-state index in [0.717, 1.165) is 18.5 Å². The van der Waals surface area contributed by atoms with Gasteiger partial charge in [0.15, 0.2) is 0 Å². The molecule has 0 aliphatic heterocycles. The molecule has 1 N–H and O–H groups in total. The minimum Gasteiger partial charge on any atom is -0.384 e. The van der Waals surface area contributed by atoms with Gasteiger partial charge in [-0.05, 0) is 38.8 Å². The molecule has 0 saturated heterocycles. The first kappa shape index (κ1) is 16.2. The van der Waals surface area contributed by atoms with Crippen LogP contribution in [-0.4, -0.2) is 29.1 Å². The van der Waals surface area contributed by atoms with Crippen molar-refractivity contribution in [3.8, 4) is 0 Å². The number of unbranched alkanes of at least 4 members (excludes halogenated alkanes) is 1. The Labute approximate surface area is 118 Å². The zero-order valence-corrected chi connectivity index (χ0v) is 12.9. The van der Waals surface area contributed by atoms with Gasteiger partial charge in [0.05, 0.1) is 5.60 Å². The molecule has 2 unspecified atom stereocenters. The highest BCUT2D eigenvalue weighted by Gasteiger charge is 2.27. The number of nitrogens with zero attached hydrogens (tertiary/aromatic N) is 1. The molecule has 0 fully saturated rings. The first-order valence-corrected chi connectivity index (χ1v) is 7.53. The molecule has 19 heavy (non-hydrogen) atoms. The van der Waals surface area contributed by atoms with E-state index < -0.39 is 5.60 Å². The Morgan fingerprint density at radius 2 is 1.84 bits per heavy atom. The molecule has 1 rings (SSSR count). The molecule has 0 bridgehead atoms. The Morgan fingerprint density at radius 3 is 2.37 bits per heavy atom. The van der Waals surface area contributed by atoms with Crippen molar-refractivity contribution in [1.82, 2.24) is 4.90 Å². The average molecular weight is 263 g/mol. The van der Waals surface area contributed by atoms with Gasteiger partial charge in [-0.2, -0.15) is 0 Å². The molecule has 1 aromatic rings. The van der Waals surface area contributed by atoms with Gasteiger partial charge in [0, 0.05) is 12.6 Å². The van der Waals surface area contributed by atoms with Crippen molar-refractivity contribution in [2.24, 2.45) is 0 Å². The molecule has 2 atom stereocenters. The fourth-order valence-electron chi connectivity index (χ4n) is 2.36. The lowest BCUT2D eigenvalue weighted by molar-refractivity contribution is 0.00314. The Balaban J connectivity index is 2.76. The highest BCUT2D eigenvalue weighted by Crippen LogP contribution is 2.23. The van der Waals surface area contributed by atoms with Crippen LogP contribution in [0.25, 0.3) is 0 Å². The molecule has 2 nitrogen and oxygen atoms in total. The van der Waals surface area contributed by atoms with Crippen molar-refractivity contribution in [3.05, 3.63) is 35.9 Å². The lowest BCUT2D eigenvalue weighted by Gasteiger charge is -2.35. The summed E-state index contributed by atoms with van der Waals surface area (Å²) >= 11 is 0. The monoisotopic (exact) mass is 263 g/mol. The number of rotatable bonds is 8. The molecular formula is C17H29NO. The molecule has 0 amide bonds. The van der Waals surface area contributed by atoms with Crippen molar-refractivity contribution < 1.29 is 5.11 Å². The van der Waals surface area contributed by atoms with E-state index in [1.807, 2.05) is 37.3 Å². The Bertz CT molecular complexity index is 348. The Hall–Kier alpha value is -0.860. The van der Waals surface area contributed by atoms with Crippen LogP contribution in [0.4, 0.5) is 0 Å². The molecule has 0 spiro atoms. The van der Waals surface area contributed by atoms with Crippen molar-refractivity contribution in [3.63, 3.8) is 0 Å². The standard InChI is InChI=1S/C17H29NO/c1-5-7-13-18(15(3)6-2)14-17(4,19)16-11-9-8-10-12-16/h8-12,15,19H,5-7,13-14H2,1-4H3. The molecule has 0 radical (unpaired) electrons.